The van der Waals surface area contributed by atoms with Crippen LogP contribution in [0, 0.1) is 5.92 Å². The van der Waals surface area contributed by atoms with Crippen LogP contribution in [0.3, 0.4) is 0 Å². The Labute approximate surface area is 124 Å². The summed E-state index contributed by atoms with van der Waals surface area (Å²) in [5, 5.41) is 13.0. The highest BCUT2D eigenvalue weighted by molar-refractivity contribution is 5.70. The first kappa shape index (κ1) is 15.9. The Kier molecular flexibility index (Phi) is 5.30. The third-order valence-electron chi connectivity index (χ3n) is 3.96. The summed E-state index contributed by atoms with van der Waals surface area (Å²) >= 11 is 0. The summed E-state index contributed by atoms with van der Waals surface area (Å²) in [6.45, 7) is 8.90. The van der Waals surface area contributed by atoms with Crippen molar-refractivity contribution in [3.63, 3.8) is 0 Å². The summed E-state index contributed by atoms with van der Waals surface area (Å²) in [4.78, 5) is 17.7. The van der Waals surface area contributed by atoms with Crippen LogP contribution in [-0.4, -0.2) is 52.4 Å². The van der Waals surface area contributed by atoms with Gasteiger partial charge in [-0.25, -0.2) is 0 Å². The summed E-state index contributed by atoms with van der Waals surface area (Å²) in [6, 6.07) is 0. The predicted molar refractivity (Wildman–Crippen MR) is 74.9 cm³/mol. The van der Waals surface area contributed by atoms with Crippen molar-refractivity contribution in [2.24, 2.45) is 5.92 Å². The lowest BCUT2D eigenvalue weighted by Crippen LogP contribution is -2.39. The molecule has 21 heavy (non-hydrogen) atoms. The van der Waals surface area contributed by atoms with Gasteiger partial charge in [0.05, 0.1) is 12.5 Å². The molecule has 3 atom stereocenters. The fourth-order valence-corrected chi connectivity index (χ4v) is 2.37. The number of nitrogens with zero attached hydrogens (tertiary/aromatic N) is 3. The van der Waals surface area contributed by atoms with Gasteiger partial charge >= 0.3 is 5.97 Å². The molecule has 3 unspecified atom stereocenters. The molecule has 0 aliphatic carbocycles. The van der Waals surface area contributed by atoms with E-state index in [0.717, 1.165) is 26.1 Å². The number of aromatic nitrogens is 2. The van der Waals surface area contributed by atoms with Crippen LogP contribution in [0.4, 0.5) is 0 Å². The molecule has 1 aliphatic heterocycles. The third kappa shape index (κ3) is 3.79. The Hall–Kier alpha value is -1.47. The predicted octanol–water partition coefficient (Wildman–Crippen LogP) is 1.68. The fraction of sp³-hybridized carbons (Fsp3) is 0.786. The second-order valence-electron chi connectivity index (χ2n) is 5.57. The Bertz CT molecular complexity index is 475. The molecule has 2 rings (SSSR count). The molecule has 7 heteroatoms. The quantitative estimate of drug-likeness (QED) is 0.854. The second-order valence-corrected chi connectivity index (χ2v) is 5.57. The van der Waals surface area contributed by atoms with Gasteiger partial charge in [-0.15, -0.1) is 0 Å². The van der Waals surface area contributed by atoms with E-state index in [1.807, 2.05) is 0 Å². The van der Waals surface area contributed by atoms with Gasteiger partial charge in [0.25, 0.3) is 0 Å². The standard InChI is InChI=1S/C14H23N3O4/c1-4-5-17-6-7-20-11(8-17)12-15-13(21-16-12)9(2)10(3)14(18)19/h9-11H,4-8H2,1-3H3,(H,18,19). The molecule has 1 N–H and O–H groups in total. The fourth-order valence-electron chi connectivity index (χ4n) is 2.37. The maximum absolute atomic E-state index is 11.0. The number of ether oxygens (including phenoxy) is 1. The lowest BCUT2D eigenvalue weighted by atomic mass is 9.96. The van der Waals surface area contributed by atoms with Crippen LogP contribution in [-0.2, 0) is 9.53 Å². The number of carboxylic acid groups (broad SMARTS) is 1. The molecule has 0 aromatic carbocycles. The number of rotatable bonds is 6. The molecule has 0 bridgehead atoms. The van der Waals surface area contributed by atoms with Crippen molar-refractivity contribution < 1.29 is 19.2 Å². The average molecular weight is 297 g/mol. The van der Waals surface area contributed by atoms with Gasteiger partial charge in [0.2, 0.25) is 11.7 Å². The molecule has 1 saturated heterocycles. The summed E-state index contributed by atoms with van der Waals surface area (Å²) in [5.74, 6) is -0.891. The van der Waals surface area contributed by atoms with E-state index in [0.29, 0.717) is 18.3 Å². The van der Waals surface area contributed by atoms with Gasteiger partial charge in [0.1, 0.15) is 6.10 Å². The molecular formula is C14H23N3O4. The number of hydrogen-bond donors (Lipinski definition) is 1. The normalized spacial score (nSPS) is 22.9. The third-order valence-corrected chi connectivity index (χ3v) is 3.96. The largest absolute Gasteiger partial charge is 0.481 e. The summed E-state index contributed by atoms with van der Waals surface area (Å²) in [7, 11) is 0. The molecule has 0 amide bonds. The van der Waals surface area contributed by atoms with Crippen molar-refractivity contribution in [3.05, 3.63) is 11.7 Å². The maximum Gasteiger partial charge on any atom is 0.307 e. The first-order chi connectivity index (χ1) is 10.0. The van der Waals surface area contributed by atoms with E-state index >= 15 is 0 Å². The molecule has 1 aliphatic rings. The van der Waals surface area contributed by atoms with Crippen LogP contribution in [0.5, 0.6) is 0 Å². The Morgan fingerprint density at radius 2 is 2.29 bits per heavy atom. The minimum absolute atomic E-state index is 0.199. The van der Waals surface area contributed by atoms with E-state index in [1.165, 1.54) is 0 Å². The van der Waals surface area contributed by atoms with Crippen LogP contribution in [0.2, 0.25) is 0 Å². The minimum Gasteiger partial charge on any atom is -0.481 e. The average Bonchev–Trinajstić information content (AvgIpc) is 2.96. The van der Waals surface area contributed by atoms with E-state index in [1.54, 1.807) is 13.8 Å². The summed E-state index contributed by atoms with van der Waals surface area (Å²) < 4.78 is 10.9. The van der Waals surface area contributed by atoms with Gasteiger partial charge in [-0.1, -0.05) is 25.9 Å². The summed E-state index contributed by atoms with van der Waals surface area (Å²) in [5.41, 5.74) is 0. The van der Waals surface area contributed by atoms with Gasteiger partial charge in [-0.2, -0.15) is 4.98 Å². The first-order valence-electron chi connectivity index (χ1n) is 7.43. The number of carboxylic acids is 1. The molecule has 1 aromatic heterocycles. The van der Waals surface area contributed by atoms with E-state index in [4.69, 9.17) is 14.4 Å². The van der Waals surface area contributed by atoms with Crippen LogP contribution >= 0.6 is 0 Å². The van der Waals surface area contributed by atoms with Crippen LogP contribution < -0.4 is 0 Å². The number of aliphatic carboxylic acids is 1. The second kappa shape index (κ2) is 7.00. The van der Waals surface area contributed by atoms with Gasteiger partial charge < -0.3 is 14.4 Å². The molecule has 0 radical (unpaired) electrons. The Morgan fingerprint density at radius 1 is 1.52 bits per heavy atom. The Balaban J connectivity index is 2.03. The molecular weight excluding hydrogens is 274 g/mol. The van der Waals surface area contributed by atoms with E-state index in [-0.39, 0.29) is 12.0 Å². The van der Waals surface area contributed by atoms with Gasteiger partial charge in [-0.3, -0.25) is 9.69 Å². The Morgan fingerprint density at radius 3 is 2.95 bits per heavy atom. The monoisotopic (exact) mass is 297 g/mol. The molecule has 1 fully saturated rings. The van der Waals surface area contributed by atoms with Gasteiger partial charge in [0, 0.05) is 19.0 Å². The van der Waals surface area contributed by atoms with E-state index in [2.05, 4.69) is 22.0 Å². The topological polar surface area (TPSA) is 88.7 Å². The number of carbonyl (C=O) groups is 1. The zero-order valence-electron chi connectivity index (χ0n) is 12.8. The van der Waals surface area contributed by atoms with Crippen LogP contribution in [0.1, 0.15) is 50.9 Å². The minimum atomic E-state index is -0.870. The molecule has 7 nitrogen and oxygen atoms in total. The molecule has 118 valence electrons. The zero-order chi connectivity index (χ0) is 15.4. The van der Waals surface area contributed by atoms with Gasteiger partial charge in [-0.05, 0) is 13.0 Å². The number of morpholine rings is 1. The van der Waals surface area contributed by atoms with Crippen LogP contribution in [0.25, 0.3) is 0 Å². The molecule has 0 saturated carbocycles. The van der Waals surface area contributed by atoms with Crippen LogP contribution in [0.15, 0.2) is 4.52 Å². The summed E-state index contributed by atoms with van der Waals surface area (Å²) in [6.07, 6.45) is 0.896. The lowest BCUT2D eigenvalue weighted by Gasteiger charge is -2.30. The SMILES string of the molecule is CCCN1CCOC(c2noc(C(C)C(C)C(=O)O)n2)C1. The first-order valence-corrected chi connectivity index (χ1v) is 7.43. The highest BCUT2D eigenvalue weighted by Gasteiger charge is 2.29. The zero-order valence-corrected chi connectivity index (χ0v) is 12.8. The van der Waals surface area contributed by atoms with Crippen molar-refractivity contribution in [2.75, 3.05) is 26.2 Å². The highest BCUT2D eigenvalue weighted by Crippen LogP contribution is 2.26. The smallest absolute Gasteiger partial charge is 0.307 e. The van der Waals surface area contributed by atoms with Crippen molar-refractivity contribution in [3.8, 4) is 0 Å². The van der Waals surface area contributed by atoms with Gasteiger partial charge in [0.15, 0.2) is 0 Å². The lowest BCUT2D eigenvalue weighted by molar-refractivity contribution is -0.141. The molecule has 0 spiro atoms. The number of hydrogen-bond acceptors (Lipinski definition) is 6. The van der Waals surface area contributed by atoms with E-state index in [9.17, 15) is 4.79 Å². The maximum atomic E-state index is 11.0. The van der Waals surface area contributed by atoms with Crippen molar-refractivity contribution in [2.45, 2.75) is 39.2 Å². The van der Waals surface area contributed by atoms with Crippen molar-refractivity contribution in [1.82, 2.24) is 15.0 Å². The van der Waals surface area contributed by atoms with E-state index < -0.39 is 11.9 Å². The highest BCUT2D eigenvalue weighted by atomic mass is 16.5. The van der Waals surface area contributed by atoms with Crippen molar-refractivity contribution >= 4 is 5.97 Å². The molecule has 2 heterocycles. The van der Waals surface area contributed by atoms with Crippen molar-refractivity contribution in [1.29, 1.82) is 0 Å². The molecule has 1 aromatic rings.